The molecule has 1 aromatic heterocycles. The largest absolute Gasteiger partial charge is 0.496 e. The average molecular weight is 339 g/mol. The maximum absolute atomic E-state index is 10.5. The third kappa shape index (κ3) is 2.91. The predicted octanol–water partition coefficient (Wildman–Crippen LogP) is 4.25. The topological polar surface area (TPSA) is 42.6 Å². The molecule has 1 atom stereocenters. The summed E-state index contributed by atoms with van der Waals surface area (Å²) in [7, 11) is 1.64. The fourth-order valence-corrected chi connectivity index (χ4v) is 2.92. The Kier molecular flexibility index (Phi) is 4.55. The van der Waals surface area contributed by atoms with Crippen LogP contribution in [-0.2, 0) is 6.42 Å². The molecule has 108 valence electrons. The molecule has 0 saturated carbocycles. The minimum atomic E-state index is -0.601. The van der Waals surface area contributed by atoms with Gasteiger partial charge in [-0.3, -0.25) is 0 Å². The molecule has 1 aromatic carbocycles. The third-order valence-electron chi connectivity index (χ3n) is 3.61. The second-order valence-electron chi connectivity index (χ2n) is 4.93. The maximum Gasteiger partial charge on any atom is 0.122 e. The predicted molar refractivity (Wildman–Crippen MR) is 82.3 cm³/mol. The Morgan fingerprint density at radius 2 is 1.95 bits per heavy atom. The number of ether oxygens (including phenoxy) is 1. The van der Waals surface area contributed by atoms with Crippen LogP contribution >= 0.6 is 15.9 Å². The lowest BCUT2D eigenvalue weighted by Gasteiger charge is -2.14. The molecule has 0 bridgehead atoms. The normalized spacial score (nSPS) is 12.5. The first-order valence-electron chi connectivity index (χ1n) is 6.51. The van der Waals surface area contributed by atoms with Crippen molar-refractivity contribution in [2.24, 2.45) is 0 Å². The van der Waals surface area contributed by atoms with Crippen molar-refractivity contribution in [2.75, 3.05) is 7.11 Å². The van der Waals surface area contributed by atoms with Crippen molar-refractivity contribution in [3.63, 3.8) is 0 Å². The first-order valence-corrected chi connectivity index (χ1v) is 7.30. The Hall–Kier alpha value is -1.26. The molecule has 2 aromatic rings. The minimum Gasteiger partial charge on any atom is -0.496 e. The molecule has 20 heavy (non-hydrogen) atoms. The summed E-state index contributed by atoms with van der Waals surface area (Å²) in [6.07, 6.45) is -0.112. The fourth-order valence-electron chi connectivity index (χ4n) is 2.52. The van der Waals surface area contributed by atoms with Gasteiger partial charge in [-0.25, -0.2) is 0 Å². The van der Waals surface area contributed by atoms with E-state index < -0.39 is 6.10 Å². The second kappa shape index (κ2) is 6.02. The first kappa shape index (κ1) is 15.1. The van der Waals surface area contributed by atoms with Crippen molar-refractivity contribution < 1.29 is 14.3 Å². The lowest BCUT2D eigenvalue weighted by molar-refractivity contribution is 0.174. The van der Waals surface area contributed by atoms with E-state index in [1.54, 1.807) is 7.11 Å². The molecule has 0 saturated heterocycles. The van der Waals surface area contributed by atoms with Gasteiger partial charge in [-0.15, -0.1) is 0 Å². The van der Waals surface area contributed by atoms with Gasteiger partial charge in [0.25, 0.3) is 0 Å². The molecule has 1 unspecified atom stereocenters. The zero-order chi connectivity index (χ0) is 14.9. The van der Waals surface area contributed by atoms with E-state index in [0.29, 0.717) is 6.42 Å². The average Bonchev–Trinajstić information content (AvgIpc) is 2.63. The van der Waals surface area contributed by atoms with E-state index in [1.165, 1.54) is 0 Å². The molecule has 0 fully saturated rings. The van der Waals surface area contributed by atoms with Crippen LogP contribution in [0.3, 0.4) is 0 Å². The lowest BCUT2D eigenvalue weighted by Crippen LogP contribution is -2.05. The van der Waals surface area contributed by atoms with Gasteiger partial charge in [-0.2, -0.15) is 0 Å². The summed E-state index contributed by atoms with van der Waals surface area (Å²) in [6.45, 7) is 5.78. The highest BCUT2D eigenvalue weighted by atomic mass is 79.9. The Morgan fingerprint density at radius 3 is 2.50 bits per heavy atom. The number of aryl methyl sites for hydroxylation is 2. The number of methoxy groups -OCH3 is 1. The van der Waals surface area contributed by atoms with E-state index in [9.17, 15) is 5.11 Å². The number of benzene rings is 1. The molecule has 2 rings (SSSR count). The summed E-state index contributed by atoms with van der Waals surface area (Å²) in [5.41, 5.74) is 2.86. The van der Waals surface area contributed by atoms with Crippen molar-refractivity contribution in [2.45, 2.75) is 33.3 Å². The molecule has 0 aliphatic rings. The van der Waals surface area contributed by atoms with Crippen LogP contribution in [0.4, 0.5) is 0 Å². The lowest BCUT2D eigenvalue weighted by atomic mass is 9.98. The van der Waals surface area contributed by atoms with Crippen LogP contribution in [0.2, 0.25) is 0 Å². The van der Waals surface area contributed by atoms with Crippen molar-refractivity contribution in [3.8, 4) is 5.75 Å². The quantitative estimate of drug-likeness (QED) is 0.905. The highest BCUT2D eigenvalue weighted by molar-refractivity contribution is 9.10. The van der Waals surface area contributed by atoms with Crippen molar-refractivity contribution in [3.05, 3.63) is 50.9 Å². The molecule has 3 nitrogen and oxygen atoms in total. The van der Waals surface area contributed by atoms with Gasteiger partial charge in [0.15, 0.2) is 0 Å². The van der Waals surface area contributed by atoms with Crippen LogP contribution in [-0.4, -0.2) is 12.2 Å². The van der Waals surface area contributed by atoms with Crippen LogP contribution in [0.5, 0.6) is 5.75 Å². The fraction of sp³-hybridized carbons (Fsp3) is 0.375. The molecule has 0 aliphatic heterocycles. The third-order valence-corrected chi connectivity index (χ3v) is 4.10. The second-order valence-corrected chi connectivity index (χ2v) is 5.84. The maximum atomic E-state index is 10.5. The number of furan rings is 1. The zero-order valence-corrected chi connectivity index (χ0v) is 13.7. The van der Waals surface area contributed by atoms with E-state index in [2.05, 4.69) is 15.9 Å². The van der Waals surface area contributed by atoms with E-state index in [-0.39, 0.29) is 0 Å². The van der Waals surface area contributed by atoms with Gasteiger partial charge in [0.05, 0.1) is 13.2 Å². The molecule has 1 N–H and O–H groups in total. The Bertz CT molecular complexity index is 616. The molecule has 0 spiro atoms. The molecule has 4 heteroatoms. The summed E-state index contributed by atoms with van der Waals surface area (Å²) in [5.74, 6) is 2.42. The Morgan fingerprint density at radius 1 is 1.25 bits per heavy atom. The van der Waals surface area contributed by atoms with E-state index >= 15 is 0 Å². The standard InChI is InChI=1S/C16H19BrO3/c1-9-10(2)20-11(3)16(9)14(18)8-12-7-13(17)5-6-15(12)19-4/h5-7,14,18H,8H2,1-4H3. The Labute approximate surface area is 127 Å². The smallest absolute Gasteiger partial charge is 0.122 e. The Balaban J connectivity index is 2.32. The number of hydrogen-bond donors (Lipinski definition) is 1. The molecule has 0 amide bonds. The van der Waals surface area contributed by atoms with E-state index in [0.717, 1.165) is 38.4 Å². The minimum absolute atomic E-state index is 0.489. The number of rotatable bonds is 4. The summed E-state index contributed by atoms with van der Waals surface area (Å²) in [6, 6.07) is 5.79. The first-order chi connectivity index (χ1) is 9.43. The van der Waals surface area contributed by atoms with Crippen LogP contribution in [0.1, 0.15) is 34.3 Å². The SMILES string of the molecule is COc1ccc(Br)cc1CC(O)c1c(C)oc(C)c1C. The highest BCUT2D eigenvalue weighted by Gasteiger charge is 2.20. The van der Waals surface area contributed by atoms with Gasteiger partial charge in [-0.1, -0.05) is 15.9 Å². The monoisotopic (exact) mass is 338 g/mol. The van der Waals surface area contributed by atoms with E-state index in [4.69, 9.17) is 9.15 Å². The van der Waals surface area contributed by atoms with Gasteiger partial charge in [0.1, 0.15) is 17.3 Å². The number of halogens is 1. The summed E-state index contributed by atoms with van der Waals surface area (Å²) >= 11 is 3.45. The summed E-state index contributed by atoms with van der Waals surface area (Å²) in [4.78, 5) is 0. The van der Waals surface area contributed by atoms with Gasteiger partial charge in [0, 0.05) is 16.5 Å². The van der Waals surface area contributed by atoms with Crippen LogP contribution in [0, 0.1) is 20.8 Å². The van der Waals surface area contributed by atoms with Crippen molar-refractivity contribution in [1.82, 2.24) is 0 Å². The van der Waals surface area contributed by atoms with Crippen LogP contribution < -0.4 is 4.74 Å². The molecular weight excluding hydrogens is 320 g/mol. The van der Waals surface area contributed by atoms with Gasteiger partial charge in [-0.05, 0) is 50.1 Å². The molecular formula is C16H19BrO3. The number of aliphatic hydroxyl groups is 1. The van der Waals surface area contributed by atoms with Gasteiger partial charge < -0.3 is 14.3 Å². The number of hydrogen-bond acceptors (Lipinski definition) is 3. The summed E-state index contributed by atoms with van der Waals surface area (Å²) in [5, 5.41) is 10.5. The summed E-state index contributed by atoms with van der Waals surface area (Å²) < 4.78 is 11.9. The molecule has 1 heterocycles. The molecule has 0 aliphatic carbocycles. The zero-order valence-electron chi connectivity index (χ0n) is 12.2. The van der Waals surface area contributed by atoms with Crippen molar-refractivity contribution in [1.29, 1.82) is 0 Å². The molecule has 0 radical (unpaired) electrons. The van der Waals surface area contributed by atoms with Crippen LogP contribution in [0.25, 0.3) is 0 Å². The van der Waals surface area contributed by atoms with Crippen LogP contribution in [0.15, 0.2) is 27.1 Å². The van der Waals surface area contributed by atoms with E-state index in [1.807, 2.05) is 39.0 Å². The van der Waals surface area contributed by atoms with Gasteiger partial charge in [0.2, 0.25) is 0 Å². The van der Waals surface area contributed by atoms with Crippen molar-refractivity contribution >= 4 is 15.9 Å². The highest BCUT2D eigenvalue weighted by Crippen LogP contribution is 2.32. The van der Waals surface area contributed by atoms with Gasteiger partial charge >= 0.3 is 0 Å². The number of aliphatic hydroxyl groups excluding tert-OH is 1.